The molecule has 2 fully saturated rings. The lowest BCUT2D eigenvalue weighted by molar-refractivity contribution is -0.157. The molecule has 1 aliphatic carbocycles. The molecule has 2 aliphatic rings. The van der Waals surface area contributed by atoms with E-state index in [9.17, 15) is 15.0 Å². The van der Waals surface area contributed by atoms with E-state index in [1.807, 2.05) is 0 Å². The predicted octanol–water partition coefficient (Wildman–Crippen LogP) is 0.0422. The van der Waals surface area contributed by atoms with Crippen molar-refractivity contribution in [1.82, 2.24) is 14.6 Å². The second kappa shape index (κ2) is 8.32. The molecular weight excluding hydrogens is 406 g/mol. The van der Waals surface area contributed by atoms with Gasteiger partial charge in [0, 0.05) is 7.11 Å². The number of fused-ring (bicyclic) bond motifs is 1. The lowest BCUT2D eigenvalue weighted by Crippen LogP contribution is -2.53. The summed E-state index contributed by atoms with van der Waals surface area (Å²) < 4.78 is 18.3. The van der Waals surface area contributed by atoms with E-state index in [2.05, 4.69) is 10.1 Å². The average Bonchev–Trinajstić information content (AvgIpc) is 3.27. The number of rotatable bonds is 6. The number of methoxy groups -OCH3 is 1. The Kier molecular flexibility index (Phi) is 5.88. The molecule has 0 radical (unpaired) electrons. The zero-order valence-corrected chi connectivity index (χ0v) is 17.4. The molecule has 0 amide bonds. The van der Waals surface area contributed by atoms with Gasteiger partial charge in [-0.2, -0.15) is 5.10 Å². The van der Waals surface area contributed by atoms with Crippen molar-refractivity contribution in [3.05, 3.63) is 24.2 Å². The third kappa shape index (κ3) is 3.99. The van der Waals surface area contributed by atoms with Crippen LogP contribution in [0.3, 0.4) is 0 Å². The number of ether oxygens (including phenoxy) is 3. The Bertz CT molecular complexity index is 941. The van der Waals surface area contributed by atoms with Crippen molar-refractivity contribution in [2.24, 2.45) is 5.73 Å². The molecule has 4 atom stereocenters. The van der Waals surface area contributed by atoms with Crippen LogP contribution in [0.25, 0.3) is 5.52 Å². The lowest BCUT2D eigenvalue weighted by atomic mass is 9.82. The van der Waals surface area contributed by atoms with Crippen LogP contribution in [0.4, 0.5) is 5.82 Å². The maximum atomic E-state index is 12.5. The van der Waals surface area contributed by atoms with Crippen molar-refractivity contribution >= 4 is 17.3 Å². The Morgan fingerprint density at radius 2 is 2.10 bits per heavy atom. The summed E-state index contributed by atoms with van der Waals surface area (Å²) in [6.07, 6.45) is 2.52. The van der Waals surface area contributed by atoms with E-state index in [-0.39, 0.29) is 18.8 Å². The number of nitrogens with zero attached hydrogens (tertiary/aromatic N) is 3. The van der Waals surface area contributed by atoms with Crippen LogP contribution in [0, 0.1) is 0 Å². The Balaban J connectivity index is 1.44. The fourth-order valence-electron chi connectivity index (χ4n) is 4.56. The first kappa shape index (κ1) is 21.9. The molecule has 31 heavy (non-hydrogen) atoms. The first-order valence-electron chi connectivity index (χ1n) is 10.4. The van der Waals surface area contributed by atoms with Crippen LogP contribution >= 0.6 is 0 Å². The predicted molar refractivity (Wildman–Crippen MR) is 109 cm³/mol. The first-order chi connectivity index (χ1) is 14.8. The number of anilines is 1. The van der Waals surface area contributed by atoms with Gasteiger partial charge in [0.15, 0.2) is 11.5 Å². The van der Waals surface area contributed by atoms with Crippen molar-refractivity contribution in [3.8, 4) is 0 Å². The zero-order chi connectivity index (χ0) is 22.2. The number of carbonyl (C=O) groups is 1. The smallest absolute Gasteiger partial charge is 0.308 e. The van der Waals surface area contributed by atoms with Gasteiger partial charge in [0.1, 0.15) is 36.8 Å². The van der Waals surface area contributed by atoms with Crippen LogP contribution in [0.5, 0.6) is 0 Å². The van der Waals surface area contributed by atoms with E-state index < -0.39 is 35.6 Å². The molecular formula is C20H29N5O6. The molecule has 170 valence electrons. The molecule has 0 aromatic carbocycles. The van der Waals surface area contributed by atoms with E-state index in [0.29, 0.717) is 11.2 Å². The molecule has 2 aromatic heterocycles. The summed E-state index contributed by atoms with van der Waals surface area (Å²) in [5.41, 5.74) is 10.1. The molecule has 1 saturated carbocycles. The molecule has 0 bridgehead atoms. The number of nitrogen functional groups attached to an aromatic ring is 1. The summed E-state index contributed by atoms with van der Waals surface area (Å²) in [6.45, 7) is -0.254. The highest BCUT2D eigenvalue weighted by Crippen LogP contribution is 2.39. The number of esters is 1. The monoisotopic (exact) mass is 435 g/mol. The number of aromatic nitrogens is 3. The van der Waals surface area contributed by atoms with Crippen molar-refractivity contribution in [1.29, 1.82) is 0 Å². The Hall–Kier alpha value is -2.31. The topological polar surface area (TPSA) is 167 Å². The van der Waals surface area contributed by atoms with Crippen LogP contribution in [-0.4, -0.2) is 68.0 Å². The van der Waals surface area contributed by atoms with Gasteiger partial charge in [-0.25, -0.2) is 9.50 Å². The SMILES string of the molecule is COC1(CC(=O)OC[C@H]2O[C@@H](c3ccc4c(N)ncnn34)[C@@](N)(O)[C@@H]2O)CCCCC1. The van der Waals surface area contributed by atoms with Gasteiger partial charge in [-0.3, -0.25) is 10.5 Å². The molecule has 4 rings (SSSR count). The van der Waals surface area contributed by atoms with Gasteiger partial charge in [0.25, 0.3) is 0 Å². The highest BCUT2D eigenvalue weighted by Gasteiger charge is 2.55. The lowest BCUT2D eigenvalue weighted by Gasteiger charge is -2.35. The van der Waals surface area contributed by atoms with E-state index in [0.717, 1.165) is 32.1 Å². The third-order valence-corrected chi connectivity index (χ3v) is 6.41. The van der Waals surface area contributed by atoms with Crippen LogP contribution in [-0.2, 0) is 19.0 Å². The highest BCUT2D eigenvalue weighted by atomic mass is 16.6. The summed E-state index contributed by atoms with van der Waals surface area (Å²) >= 11 is 0. The van der Waals surface area contributed by atoms with E-state index in [1.54, 1.807) is 19.2 Å². The zero-order valence-electron chi connectivity index (χ0n) is 17.4. The molecule has 2 aromatic rings. The van der Waals surface area contributed by atoms with Crippen molar-refractivity contribution in [2.45, 2.75) is 68.2 Å². The maximum Gasteiger partial charge on any atom is 0.308 e. The molecule has 3 heterocycles. The van der Waals surface area contributed by atoms with Gasteiger partial charge in [-0.1, -0.05) is 19.3 Å². The number of nitrogens with two attached hydrogens (primary N) is 2. The molecule has 11 nitrogen and oxygen atoms in total. The van der Waals surface area contributed by atoms with Gasteiger partial charge in [0.05, 0.1) is 17.7 Å². The minimum absolute atomic E-state index is 0.127. The van der Waals surface area contributed by atoms with Gasteiger partial charge in [-0.15, -0.1) is 0 Å². The fraction of sp³-hybridized carbons (Fsp3) is 0.650. The van der Waals surface area contributed by atoms with Gasteiger partial charge in [-0.05, 0) is 25.0 Å². The van der Waals surface area contributed by atoms with Crippen LogP contribution in [0.1, 0.15) is 50.3 Å². The highest BCUT2D eigenvalue weighted by molar-refractivity contribution is 5.70. The Morgan fingerprint density at radius 1 is 1.35 bits per heavy atom. The molecule has 0 unspecified atom stereocenters. The number of aliphatic hydroxyl groups excluding tert-OH is 1. The molecule has 11 heteroatoms. The normalized spacial score (nSPS) is 30.5. The molecule has 1 saturated heterocycles. The number of hydrogen-bond acceptors (Lipinski definition) is 10. The first-order valence-corrected chi connectivity index (χ1v) is 10.4. The van der Waals surface area contributed by atoms with E-state index in [4.69, 9.17) is 25.7 Å². The summed E-state index contributed by atoms with van der Waals surface area (Å²) in [4.78, 5) is 16.4. The average molecular weight is 435 g/mol. The Morgan fingerprint density at radius 3 is 2.81 bits per heavy atom. The Labute approximate surface area is 179 Å². The van der Waals surface area contributed by atoms with Crippen LogP contribution in [0.15, 0.2) is 18.5 Å². The van der Waals surface area contributed by atoms with Gasteiger partial charge in [0.2, 0.25) is 0 Å². The number of hydrogen-bond donors (Lipinski definition) is 4. The number of carbonyl (C=O) groups excluding carboxylic acids is 1. The molecule has 1 aliphatic heterocycles. The van der Waals surface area contributed by atoms with Gasteiger partial charge < -0.3 is 30.2 Å². The van der Waals surface area contributed by atoms with Crippen molar-refractivity contribution in [3.63, 3.8) is 0 Å². The quantitative estimate of drug-likeness (QED) is 0.359. The third-order valence-electron chi connectivity index (χ3n) is 6.41. The second-order valence-electron chi connectivity index (χ2n) is 8.39. The van der Waals surface area contributed by atoms with E-state index in [1.165, 1.54) is 10.8 Å². The van der Waals surface area contributed by atoms with E-state index >= 15 is 0 Å². The number of aliphatic hydroxyl groups is 2. The largest absolute Gasteiger partial charge is 0.463 e. The fourth-order valence-corrected chi connectivity index (χ4v) is 4.56. The van der Waals surface area contributed by atoms with Gasteiger partial charge >= 0.3 is 5.97 Å². The van der Waals surface area contributed by atoms with Crippen molar-refractivity contribution in [2.75, 3.05) is 19.5 Å². The summed E-state index contributed by atoms with van der Waals surface area (Å²) in [7, 11) is 1.61. The molecule has 6 N–H and O–H groups in total. The standard InChI is InChI=1S/C20H29N5O6/c1-29-19(7-3-2-4-8-19)9-15(26)30-10-14-16(27)20(22,28)17(31-14)12-5-6-13-18(21)23-11-24-25(12)13/h5-6,11,14,16-17,27-28H,2-4,7-10,22H2,1H3,(H2,21,23,24)/t14-,16-,17+,20+/m1/s1. The van der Waals surface area contributed by atoms with Crippen molar-refractivity contribution < 1.29 is 29.2 Å². The summed E-state index contributed by atoms with van der Waals surface area (Å²) in [5.74, 6) is -0.196. The van der Waals surface area contributed by atoms with Crippen LogP contribution < -0.4 is 11.5 Å². The maximum absolute atomic E-state index is 12.5. The molecule has 0 spiro atoms. The van der Waals surface area contributed by atoms with Crippen LogP contribution in [0.2, 0.25) is 0 Å². The minimum Gasteiger partial charge on any atom is -0.463 e. The summed E-state index contributed by atoms with van der Waals surface area (Å²) in [6, 6.07) is 3.30. The minimum atomic E-state index is -2.12. The summed E-state index contributed by atoms with van der Waals surface area (Å²) in [5, 5.41) is 25.4. The second-order valence-corrected chi connectivity index (χ2v) is 8.39.